The molecular formula is C29H33N5O8. The molecule has 2 heterocycles. The fourth-order valence-corrected chi connectivity index (χ4v) is 4.17. The average Bonchev–Trinajstić information content (AvgIpc) is 3.35. The van der Waals surface area contributed by atoms with Gasteiger partial charge in [0, 0.05) is 12.8 Å². The van der Waals surface area contributed by atoms with Gasteiger partial charge >= 0.3 is 5.97 Å². The molecule has 13 nitrogen and oxygen atoms in total. The summed E-state index contributed by atoms with van der Waals surface area (Å²) in [5.74, 6) is -3.51. The fraction of sp³-hybridized carbons (Fsp3) is 0.379. The lowest BCUT2D eigenvalue weighted by molar-refractivity contribution is -0.142. The van der Waals surface area contributed by atoms with E-state index in [1.807, 2.05) is 20.8 Å². The fourth-order valence-electron chi connectivity index (χ4n) is 4.17. The number of hydrogen-bond donors (Lipinski definition) is 5. The number of carbonyl (C=O) groups is 5. The molecule has 13 heteroatoms. The number of fused-ring (bicyclic) bond motifs is 2. The summed E-state index contributed by atoms with van der Waals surface area (Å²) in [6.07, 6.45) is -1.64. The Balaban J connectivity index is 1.30. The van der Waals surface area contributed by atoms with Gasteiger partial charge in [0.25, 0.3) is 11.8 Å². The first-order valence-electron chi connectivity index (χ1n) is 13.4. The molecule has 1 aromatic heterocycles. The van der Waals surface area contributed by atoms with E-state index in [0.717, 1.165) is 0 Å². The van der Waals surface area contributed by atoms with Crippen LogP contribution >= 0.6 is 0 Å². The van der Waals surface area contributed by atoms with Crippen LogP contribution in [-0.2, 0) is 30.3 Å². The lowest BCUT2D eigenvalue weighted by atomic mass is 9.99. The molecule has 1 aliphatic heterocycles. The third-order valence-corrected chi connectivity index (χ3v) is 6.17. The molecule has 222 valence electrons. The summed E-state index contributed by atoms with van der Waals surface area (Å²) in [6, 6.07) is 10.5. The van der Waals surface area contributed by atoms with E-state index in [1.54, 1.807) is 36.4 Å². The van der Waals surface area contributed by atoms with Crippen LogP contribution in [0.15, 0.2) is 42.5 Å². The molecule has 0 fully saturated rings. The molecule has 5 N–H and O–H groups in total. The van der Waals surface area contributed by atoms with E-state index in [4.69, 9.17) is 9.47 Å². The molecule has 2 atom stereocenters. The van der Waals surface area contributed by atoms with E-state index in [9.17, 15) is 29.1 Å². The Morgan fingerprint density at radius 3 is 2.60 bits per heavy atom. The maximum atomic E-state index is 12.7. The maximum Gasteiger partial charge on any atom is 0.326 e. The van der Waals surface area contributed by atoms with Gasteiger partial charge in [-0.3, -0.25) is 24.5 Å². The lowest BCUT2D eigenvalue weighted by Gasteiger charge is -2.26. The molecular weight excluding hydrogens is 546 g/mol. The van der Waals surface area contributed by atoms with Gasteiger partial charge in [0.2, 0.25) is 11.8 Å². The molecule has 0 saturated carbocycles. The van der Waals surface area contributed by atoms with Crippen molar-refractivity contribution in [2.24, 2.45) is 5.41 Å². The SMILES string of the molecule is CC(C)(C)COCCC(=O)N[C@@H](Cc1ccc2c(c1)NC(=O)C(CC(=O)NC(=O)c1nc3ccccc3[nH]1)O2)C(=O)O. The molecule has 0 radical (unpaired) electrons. The zero-order valence-corrected chi connectivity index (χ0v) is 23.5. The van der Waals surface area contributed by atoms with Crippen molar-refractivity contribution in [3.8, 4) is 5.75 Å². The van der Waals surface area contributed by atoms with Gasteiger partial charge in [-0.25, -0.2) is 9.78 Å². The molecule has 0 spiro atoms. The number of aromatic nitrogens is 2. The number of carboxylic acid groups (broad SMARTS) is 1. The number of aliphatic carboxylic acids is 1. The smallest absolute Gasteiger partial charge is 0.326 e. The van der Waals surface area contributed by atoms with Crippen LogP contribution < -0.4 is 20.7 Å². The van der Waals surface area contributed by atoms with Crippen molar-refractivity contribution in [2.45, 2.75) is 52.2 Å². The van der Waals surface area contributed by atoms with Crippen LogP contribution in [0.1, 0.15) is 49.8 Å². The number of nitrogens with zero attached hydrogens (tertiary/aromatic N) is 1. The number of para-hydroxylation sites is 2. The Bertz CT molecular complexity index is 1480. The topological polar surface area (TPSA) is 189 Å². The summed E-state index contributed by atoms with van der Waals surface area (Å²) < 4.78 is 11.2. The van der Waals surface area contributed by atoms with Gasteiger partial charge in [0.05, 0.1) is 36.4 Å². The molecule has 1 unspecified atom stereocenters. The number of ether oxygens (including phenoxy) is 2. The average molecular weight is 580 g/mol. The van der Waals surface area contributed by atoms with Crippen LogP contribution in [0.5, 0.6) is 5.75 Å². The van der Waals surface area contributed by atoms with Crippen molar-refractivity contribution >= 4 is 46.3 Å². The quantitative estimate of drug-likeness (QED) is 0.212. The highest BCUT2D eigenvalue weighted by atomic mass is 16.5. The number of amides is 4. The number of benzene rings is 2. The van der Waals surface area contributed by atoms with Gasteiger partial charge < -0.3 is 30.2 Å². The zero-order valence-electron chi connectivity index (χ0n) is 23.5. The van der Waals surface area contributed by atoms with Crippen molar-refractivity contribution in [1.29, 1.82) is 0 Å². The number of imide groups is 1. The third kappa shape index (κ3) is 8.13. The molecule has 1 aliphatic rings. The first-order valence-corrected chi connectivity index (χ1v) is 13.4. The third-order valence-electron chi connectivity index (χ3n) is 6.17. The number of hydrogen-bond acceptors (Lipinski definition) is 8. The van der Waals surface area contributed by atoms with E-state index in [-0.39, 0.29) is 36.4 Å². The summed E-state index contributed by atoms with van der Waals surface area (Å²) >= 11 is 0. The summed E-state index contributed by atoms with van der Waals surface area (Å²) in [6.45, 7) is 6.65. The van der Waals surface area contributed by atoms with Crippen molar-refractivity contribution < 1.29 is 38.6 Å². The van der Waals surface area contributed by atoms with Gasteiger partial charge in [0.1, 0.15) is 11.8 Å². The highest BCUT2D eigenvalue weighted by Gasteiger charge is 2.31. The number of carboxylic acids is 1. The maximum absolute atomic E-state index is 12.7. The van der Waals surface area contributed by atoms with Gasteiger partial charge in [-0.05, 0) is 35.2 Å². The minimum atomic E-state index is -1.21. The van der Waals surface area contributed by atoms with Crippen LogP contribution in [0.25, 0.3) is 11.0 Å². The Morgan fingerprint density at radius 1 is 1.12 bits per heavy atom. The molecule has 2 aromatic carbocycles. The number of aromatic amines is 1. The molecule has 42 heavy (non-hydrogen) atoms. The number of rotatable bonds is 11. The Labute approximate surface area is 241 Å². The van der Waals surface area contributed by atoms with Crippen LogP contribution in [0.4, 0.5) is 5.69 Å². The minimum absolute atomic E-state index is 0.0206. The zero-order chi connectivity index (χ0) is 30.4. The second-order valence-electron chi connectivity index (χ2n) is 11.1. The number of nitrogens with one attached hydrogen (secondary N) is 4. The number of H-pyrrole nitrogens is 1. The largest absolute Gasteiger partial charge is 0.480 e. The first kappa shape index (κ1) is 30.2. The van der Waals surface area contributed by atoms with Crippen LogP contribution in [-0.4, -0.2) is 70.0 Å². The summed E-state index contributed by atoms with van der Waals surface area (Å²) in [4.78, 5) is 68.6. The molecule has 4 amide bonds. The van der Waals surface area contributed by atoms with E-state index >= 15 is 0 Å². The predicted octanol–water partition coefficient (Wildman–Crippen LogP) is 2.17. The monoisotopic (exact) mass is 579 g/mol. The number of anilines is 1. The van der Waals surface area contributed by atoms with E-state index in [2.05, 4.69) is 25.9 Å². The molecule has 3 aromatic rings. The van der Waals surface area contributed by atoms with Crippen molar-refractivity contribution in [3.05, 3.63) is 53.9 Å². The highest BCUT2D eigenvalue weighted by molar-refractivity contribution is 6.06. The molecule has 0 saturated heterocycles. The lowest BCUT2D eigenvalue weighted by Crippen LogP contribution is -2.43. The minimum Gasteiger partial charge on any atom is -0.480 e. The van der Waals surface area contributed by atoms with Crippen LogP contribution in [0.2, 0.25) is 0 Å². The first-order chi connectivity index (χ1) is 19.9. The van der Waals surface area contributed by atoms with Crippen LogP contribution in [0, 0.1) is 5.41 Å². The Morgan fingerprint density at radius 2 is 1.88 bits per heavy atom. The Hall–Kier alpha value is -4.78. The number of carbonyl (C=O) groups excluding carboxylic acids is 4. The summed E-state index contributed by atoms with van der Waals surface area (Å²) in [5, 5.41) is 17.0. The van der Waals surface area contributed by atoms with Gasteiger partial charge in [-0.1, -0.05) is 39.0 Å². The van der Waals surface area contributed by atoms with E-state index in [0.29, 0.717) is 28.9 Å². The van der Waals surface area contributed by atoms with E-state index in [1.165, 1.54) is 6.07 Å². The standard InChI is InChI=1S/C29H33N5O8/c1-29(2,3)15-41-11-10-23(35)30-20(28(39)40)13-16-8-9-21-19(12-16)33-26(37)22(42-21)14-24(36)34-27(38)25-31-17-6-4-5-7-18(17)32-25/h4-9,12,20,22H,10-11,13-15H2,1-3H3,(H,30,35)(H,31,32)(H,33,37)(H,39,40)(H,34,36,38)/t20-,22?/m0/s1. The molecule has 0 aliphatic carbocycles. The van der Waals surface area contributed by atoms with E-state index < -0.39 is 48.2 Å². The highest BCUT2D eigenvalue weighted by Crippen LogP contribution is 2.31. The van der Waals surface area contributed by atoms with Crippen LogP contribution in [0.3, 0.4) is 0 Å². The summed E-state index contributed by atoms with van der Waals surface area (Å²) in [5.41, 5.74) is 1.98. The normalized spacial score (nSPS) is 15.2. The summed E-state index contributed by atoms with van der Waals surface area (Å²) in [7, 11) is 0. The Kier molecular flexibility index (Phi) is 9.21. The second-order valence-corrected chi connectivity index (χ2v) is 11.1. The van der Waals surface area contributed by atoms with Gasteiger partial charge in [-0.15, -0.1) is 0 Å². The number of imidazole rings is 1. The molecule has 4 rings (SSSR count). The van der Waals surface area contributed by atoms with Crippen molar-refractivity contribution in [3.63, 3.8) is 0 Å². The predicted molar refractivity (Wildman–Crippen MR) is 151 cm³/mol. The van der Waals surface area contributed by atoms with Gasteiger partial charge in [-0.2, -0.15) is 0 Å². The van der Waals surface area contributed by atoms with Gasteiger partial charge in [0.15, 0.2) is 11.9 Å². The van der Waals surface area contributed by atoms with Crippen molar-refractivity contribution in [2.75, 3.05) is 18.5 Å². The second kappa shape index (κ2) is 12.8. The molecule has 0 bridgehead atoms. The van der Waals surface area contributed by atoms with Crippen molar-refractivity contribution in [1.82, 2.24) is 20.6 Å².